The van der Waals surface area contributed by atoms with Gasteiger partial charge in [-0.15, -0.1) is 16.9 Å². The molecule has 19 heavy (non-hydrogen) atoms. The molecule has 1 aliphatic rings. The van der Waals surface area contributed by atoms with E-state index in [1.807, 2.05) is 24.3 Å². The zero-order valence-corrected chi connectivity index (χ0v) is 12.7. The molecule has 1 aromatic heterocycles. The van der Waals surface area contributed by atoms with E-state index in [0.717, 1.165) is 5.56 Å². The Bertz CT molecular complexity index is 684. The van der Waals surface area contributed by atoms with Gasteiger partial charge in [0.15, 0.2) is 3.95 Å². The third-order valence-corrected chi connectivity index (χ3v) is 5.30. The summed E-state index contributed by atoms with van der Waals surface area (Å²) < 4.78 is 0.553. The Hall–Kier alpha value is -0.890. The molecule has 1 atom stereocenters. The summed E-state index contributed by atoms with van der Waals surface area (Å²) >= 11 is 14.1. The van der Waals surface area contributed by atoms with Crippen molar-refractivity contribution in [3.8, 4) is 0 Å². The van der Waals surface area contributed by atoms with Crippen molar-refractivity contribution in [1.82, 2.24) is 10.2 Å². The highest BCUT2D eigenvalue weighted by Gasteiger charge is 2.36. The van der Waals surface area contributed by atoms with Crippen LogP contribution in [0.25, 0.3) is 0 Å². The van der Waals surface area contributed by atoms with Crippen LogP contribution in [-0.4, -0.2) is 21.9 Å². The molecule has 0 aliphatic carbocycles. The molecule has 1 saturated heterocycles. The first-order valence-electron chi connectivity index (χ1n) is 5.40. The number of halogens is 1. The van der Waals surface area contributed by atoms with E-state index in [9.17, 15) is 4.79 Å². The summed E-state index contributed by atoms with van der Waals surface area (Å²) in [5.41, 5.74) is 0.918. The van der Waals surface area contributed by atoms with E-state index in [4.69, 9.17) is 23.8 Å². The van der Waals surface area contributed by atoms with Gasteiger partial charge in [-0.05, 0) is 18.3 Å². The maximum absolute atomic E-state index is 12.1. The van der Waals surface area contributed by atoms with E-state index in [-0.39, 0.29) is 11.3 Å². The molecule has 4 nitrogen and oxygen atoms in total. The number of hydrogen-bond donors (Lipinski definition) is 1. The summed E-state index contributed by atoms with van der Waals surface area (Å²) in [4.78, 5) is 13.7. The van der Waals surface area contributed by atoms with Crippen molar-refractivity contribution in [2.24, 2.45) is 0 Å². The van der Waals surface area contributed by atoms with Crippen LogP contribution in [0.2, 0.25) is 5.02 Å². The van der Waals surface area contributed by atoms with Crippen LogP contribution in [0.3, 0.4) is 0 Å². The van der Waals surface area contributed by atoms with Crippen molar-refractivity contribution in [3.63, 3.8) is 0 Å². The molecule has 2 aromatic rings. The molecular formula is C11H8ClN3OS3. The minimum absolute atomic E-state index is 0.0210. The molecule has 1 fully saturated rings. The van der Waals surface area contributed by atoms with E-state index in [1.165, 1.54) is 11.3 Å². The Morgan fingerprint density at radius 3 is 2.95 bits per heavy atom. The standard InChI is InChI=1S/C11H8ClN3OS3/c12-7-4-2-1-3-6(7)9-15(8(16)5-18-9)10-13-14-11(17)19-10/h1-4,9H,5H2,(H,14,17). The number of carbonyl (C=O) groups is 1. The molecule has 8 heteroatoms. The van der Waals surface area contributed by atoms with Crippen molar-refractivity contribution in [1.29, 1.82) is 0 Å². The minimum atomic E-state index is -0.143. The SMILES string of the molecule is O=C1CSC(c2ccccc2Cl)N1c1n[nH]c(=S)s1. The smallest absolute Gasteiger partial charge is 0.240 e. The number of nitrogens with zero attached hydrogens (tertiary/aromatic N) is 2. The maximum Gasteiger partial charge on any atom is 0.240 e. The number of rotatable bonds is 2. The van der Waals surface area contributed by atoms with Crippen molar-refractivity contribution in [2.75, 3.05) is 10.7 Å². The van der Waals surface area contributed by atoms with Gasteiger partial charge in [0.25, 0.3) is 0 Å². The Labute approximate surface area is 127 Å². The van der Waals surface area contributed by atoms with Crippen molar-refractivity contribution in [3.05, 3.63) is 38.8 Å². The lowest BCUT2D eigenvalue weighted by Crippen LogP contribution is -2.27. The molecule has 0 saturated carbocycles. The summed E-state index contributed by atoms with van der Waals surface area (Å²) in [5.74, 6) is 0.440. The van der Waals surface area contributed by atoms with E-state index in [2.05, 4.69) is 10.2 Å². The number of anilines is 1. The molecule has 0 radical (unpaired) electrons. The predicted octanol–water partition coefficient (Wildman–Crippen LogP) is 3.63. The number of amides is 1. The lowest BCUT2D eigenvalue weighted by atomic mass is 10.2. The zero-order chi connectivity index (χ0) is 13.4. The van der Waals surface area contributed by atoms with E-state index in [0.29, 0.717) is 19.9 Å². The number of thioether (sulfide) groups is 1. The highest BCUT2D eigenvalue weighted by atomic mass is 35.5. The molecule has 1 aliphatic heterocycles. The van der Waals surface area contributed by atoms with Gasteiger partial charge in [-0.2, -0.15) is 0 Å². The molecule has 1 N–H and O–H groups in total. The van der Waals surface area contributed by atoms with Gasteiger partial charge in [-0.3, -0.25) is 14.8 Å². The third kappa shape index (κ3) is 2.43. The quantitative estimate of drug-likeness (QED) is 0.855. The third-order valence-electron chi connectivity index (χ3n) is 2.67. The molecule has 0 bridgehead atoms. The normalized spacial score (nSPS) is 19.1. The molecular weight excluding hydrogens is 322 g/mol. The molecule has 2 heterocycles. The fraction of sp³-hybridized carbons (Fsp3) is 0.182. The highest BCUT2D eigenvalue weighted by Crippen LogP contribution is 2.44. The first-order valence-corrected chi connectivity index (χ1v) is 8.05. The van der Waals surface area contributed by atoms with Crippen LogP contribution in [0.5, 0.6) is 0 Å². The van der Waals surface area contributed by atoms with Crippen molar-refractivity contribution in [2.45, 2.75) is 5.37 Å². The van der Waals surface area contributed by atoms with Crippen molar-refractivity contribution >= 4 is 58.0 Å². The maximum atomic E-state index is 12.1. The van der Waals surface area contributed by atoms with Gasteiger partial charge in [-0.1, -0.05) is 41.1 Å². The molecule has 3 rings (SSSR count). The van der Waals surface area contributed by atoms with Gasteiger partial charge in [0.05, 0.1) is 5.75 Å². The minimum Gasteiger partial charge on any atom is -0.273 e. The first-order chi connectivity index (χ1) is 9.16. The average Bonchev–Trinajstić information content (AvgIpc) is 2.96. The van der Waals surface area contributed by atoms with Crippen LogP contribution in [0.1, 0.15) is 10.9 Å². The van der Waals surface area contributed by atoms with Crippen LogP contribution in [0.15, 0.2) is 24.3 Å². The topological polar surface area (TPSA) is 49.0 Å². The second-order valence-electron chi connectivity index (χ2n) is 3.84. The summed E-state index contributed by atoms with van der Waals surface area (Å²) in [7, 11) is 0. The summed E-state index contributed by atoms with van der Waals surface area (Å²) in [5, 5.41) is 7.89. The number of carbonyl (C=O) groups excluding carboxylic acids is 1. The zero-order valence-electron chi connectivity index (χ0n) is 9.50. The number of H-pyrrole nitrogens is 1. The summed E-state index contributed by atoms with van der Waals surface area (Å²) in [6.45, 7) is 0. The van der Waals surface area contributed by atoms with Gasteiger partial charge in [0, 0.05) is 10.6 Å². The highest BCUT2D eigenvalue weighted by molar-refractivity contribution is 8.00. The lowest BCUT2D eigenvalue weighted by Gasteiger charge is -2.21. The Morgan fingerprint density at radius 2 is 2.26 bits per heavy atom. The summed E-state index contributed by atoms with van der Waals surface area (Å²) in [6, 6.07) is 7.54. The lowest BCUT2D eigenvalue weighted by molar-refractivity contribution is -0.115. The van der Waals surface area contributed by atoms with Gasteiger partial charge >= 0.3 is 0 Å². The van der Waals surface area contributed by atoms with Gasteiger partial charge in [-0.25, -0.2) is 0 Å². The fourth-order valence-electron chi connectivity index (χ4n) is 1.86. The molecule has 1 aromatic carbocycles. The molecule has 98 valence electrons. The second kappa shape index (κ2) is 5.24. The van der Waals surface area contributed by atoms with E-state index >= 15 is 0 Å². The summed E-state index contributed by atoms with van der Waals surface area (Å²) in [6.07, 6.45) is 0. The largest absolute Gasteiger partial charge is 0.273 e. The van der Waals surface area contributed by atoms with Crippen LogP contribution in [-0.2, 0) is 4.79 Å². The number of aromatic amines is 1. The van der Waals surface area contributed by atoms with Crippen LogP contribution < -0.4 is 4.90 Å². The van der Waals surface area contributed by atoms with Crippen LogP contribution >= 0.6 is 46.9 Å². The van der Waals surface area contributed by atoms with E-state index in [1.54, 1.807) is 16.7 Å². The number of hydrogen-bond acceptors (Lipinski definition) is 5. The predicted molar refractivity (Wildman–Crippen MR) is 81.4 cm³/mol. The van der Waals surface area contributed by atoms with Crippen molar-refractivity contribution < 1.29 is 4.79 Å². The first kappa shape index (κ1) is 13.1. The number of aromatic nitrogens is 2. The number of benzene rings is 1. The monoisotopic (exact) mass is 329 g/mol. The Morgan fingerprint density at radius 1 is 1.47 bits per heavy atom. The fourth-order valence-corrected chi connectivity index (χ4v) is 4.35. The van der Waals surface area contributed by atoms with Crippen LogP contribution in [0, 0.1) is 3.95 Å². The Kier molecular flexibility index (Phi) is 3.62. The van der Waals surface area contributed by atoms with Gasteiger partial charge in [0.2, 0.25) is 11.0 Å². The van der Waals surface area contributed by atoms with Gasteiger partial charge < -0.3 is 0 Å². The average molecular weight is 330 g/mol. The van der Waals surface area contributed by atoms with Gasteiger partial charge in [0.1, 0.15) is 5.37 Å². The number of nitrogens with one attached hydrogen (secondary N) is 1. The molecule has 1 unspecified atom stereocenters. The second-order valence-corrected chi connectivity index (χ2v) is 6.96. The van der Waals surface area contributed by atoms with E-state index < -0.39 is 0 Å². The Balaban J connectivity index is 2.04. The molecule has 1 amide bonds. The van der Waals surface area contributed by atoms with Crippen LogP contribution in [0.4, 0.5) is 5.13 Å². The molecule has 0 spiro atoms.